The van der Waals surface area contributed by atoms with E-state index >= 15 is 0 Å². The summed E-state index contributed by atoms with van der Waals surface area (Å²) in [6, 6.07) is -4.40. The van der Waals surface area contributed by atoms with Gasteiger partial charge in [0.1, 0.15) is 18.1 Å². The van der Waals surface area contributed by atoms with Gasteiger partial charge >= 0.3 is 11.9 Å². The van der Waals surface area contributed by atoms with E-state index in [9.17, 15) is 33.9 Å². The van der Waals surface area contributed by atoms with E-state index in [1.807, 2.05) is 0 Å². The molecule has 0 saturated carbocycles. The van der Waals surface area contributed by atoms with Crippen LogP contribution < -0.4 is 22.1 Å². The Bertz CT molecular complexity index is 772. The number of hydrogen-bond donors (Lipinski definition) is 6. The Morgan fingerprint density at radius 2 is 1.67 bits per heavy atom. The molecule has 13 heteroatoms. The molecule has 4 amide bonds. The molecule has 1 aliphatic heterocycles. The lowest BCUT2D eigenvalue weighted by atomic mass is 10.0. The second-order valence-electron chi connectivity index (χ2n) is 8.36. The number of primary amides is 1. The molecule has 0 radical (unpaired) electrons. The number of carbonyl (C=O) groups is 6. The lowest BCUT2D eigenvalue weighted by molar-refractivity contribution is -0.146. The zero-order valence-electron chi connectivity index (χ0n) is 18.8. The van der Waals surface area contributed by atoms with Crippen LogP contribution in [0.1, 0.15) is 52.4 Å². The molecule has 4 unspecified atom stereocenters. The molecule has 0 bridgehead atoms. The Hall–Kier alpha value is -3.22. The van der Waals surface area contributed by atoms with Crippen molar-refractivity contribution in [3.8, 4) is 0 Å². The summed E-state index contributed by atoms with van der Waals surface area (Å²) in [7, 11) is 0. The summed E-state index contributed by atoms with van der Waals surface area (Å²) in [5.74, 6) is -5.39. The molecule has 0 spiro atoms. The molecule has 1 heterocycles. The van der Waals surface area contributed by atoms with Crippen LogP contribution in [0.5, 0.6) is 0 Å². The first-order chi connectivity index (χ1) is 15.3. The van der Waals surface area contributed by atoms with Gasteiger partial charge in [-0.2, -0.15) is 0 Å². The molecule has 33 heavy (non-hydrogen) atoms. The fourth-order valence-electron chi connectivity index (χ4n) is 3.48. The first-order valence-corrected chi connectivity index (χ1v) is 10.7. The van der Waals surface area contributed by atoms with E-state index in [1.165, 1.54) is 4.90 Å². The molecule has 4 atom stereocenters. The maximum atomic E-state index is 13.2. The Morgan fingerprint density at radius 3 is 2.18 bits per heavy atom. The van der Waals surface area contributed by atoms with Gasteiger partial charge in [-0.1, -0.05) is 13.8 Å². The van der Waals surface area contributed by atoms with Crippen LogP contribution in [-0.4, -0.2) is 81.4 Å². The number of likely N-dealkylation sites (tertiary alicyclic amines) is 1. The van der Waals surface area contributed by atoms with Gasteiger partial charge < -0.3 is 37.2 Å². The summed E-state index contributed by atoms with van der Waals surface area (Å²) in [6.07, 6.45) is -0.0298. The number of nitrogens with one attached hydrogen (secondary N) is 2. The number of nitrogens with zero attached hydrogens (tertiary/aromatic N) is 1. The maximum Gasteiger partial charge on any atom is 0.326 e. The number of carboxylic acid groups (broad SMARTS) is 2. The number of nitrogens with two attached hydrogens (primary N) is 2. The van der Waals surface area contributed by atoms with Gasteiger partial charge in [0.2, 0.25) is 23.6 Å². The van der Waals surface area contributed by atoms with Crippen LogP contribution in [0.3, 0.4) is 0 Å². The number of rotatable bonds is 13. The van der Waals surface area contributed by atoms with Crippen LogP contribution in [0, 0.1) is 5.92 Å². The highest BCUT2D eigenvalue weighted by Gasteiger charge is 2.40. The molecule has 1 fully saturated rings. The molecule has 1 rings (SSSR count). The molecule has 13 nitrogen and oxygen atoms in total. The van der Waals surface area contributed by atoms with Gasteiger partial charge in [-0.15, -0.1) is 0 Å². The monoisotopic (exact) mass is 471 g/mol. The molecule has 0 aliphatic carbocycles. The van der Waals surface area contributed by atoms with Crippen LogP contribution in [0.25, 0.3) is 0 Å². The predicted octanol–water partition coefficient (Wildman–Crippen LogP) is -1.85. The van der Waals surface area contributed by atoms with E-state index in [0.29, 0.717) is 12.8 Å². The van der Waals surface area contributed by atoms with Crippen molar-refractivity contribution in [1.82, 2.24) is 15.5 Å². The first kappa shape index (κ1) is 27.8. The van der Waals surface area contributed by atoms with Crippen LogP contribution in [0.2, 0.25) is 0 Å². The van der Waals surface area contributed by atoms with E-state index in [2.05, 4.69) is 10.6 Å². The number of hydrogen-bond acceptors (Lipinski definition) is 7. The van der Waals surface area contributed by atoms with Crippen molar-refractivity contribution < 1.29 is 39.0 Å². The van der Waals surface area contributed by atoms with Crippen LogP contribution in [0.15, 0.2) is 0 Å². The number of carboxylic acids is 2. The van der Waals surface area contributed by atoms with E-state index in [1.54, 1.807) is 13.8 Å². The average Bonchev–Trinajstić information content (AvgIpc) is 3.21. The van der Waals surface area contributed by atoms with Gasteiger partial charge in [-0.3, -0.25) is 24.0 Å². The van der Waals surface area contributed by atoms with Crippen molar-refractivity contribution in [3.05, 3.63) is 0 Å². The summed E-state index contributed by atoms with van der Waals surface area (Å²) < 4.78 is 0. The molecular weight excluding hydrogens is 438 g/mol. The molecule has 1 saturated heterocycles. The third-order valence-corrected chi connectivity index (χ3v) is 5.37. The van der Waals surface area contributed by atoms with Crippen molar-refractivity contribution in [2.45, 2.75) is 76.5 Å². The van der Waals surface area contributed by atoms with Gasteiger partial charge in [-0.25, -0.2) is 4.79 Å². The minimum Gasteiger partial charge on any atom is -0.481 e. The summed E-state index contributed by atoms with van der Waals surface area (Å²) in [6.45, 7) is 3.64. The molecule has 1 aliphatic rings. The van der Waals surface area contributed by atoms with E-state index in [-0.39, 0.29) is 31.7 Å². The summed E-state index contributed by atoms with van der Waals surface area (Å²) >= 11 is 0. The quantitative estimate of drug-likeness (QED) is 0.177. The Kier molecular flexibility index (Phi) is 10.7. The van der Waals surface area contributed by atoms with Gasteiger partial charge in [0, 0.05) is 19.4 Å². The highest BCUT2D eigenvalue weighted by atomic mass is 16.4. The minimum atomic E-state index is -1.41. The van der Waals surface area contributed by atoms with E-state index < -0.39 is 66.2 Å². The molecule has 186 valence electrons. The van der Waals surface area contributed by atoms with E-state index in [0.717, 1.165) is 0 Å². The summed E-state index contributed by atoms with van der Waals surface area (Å²) in [5.41, 5.74) is 10.8. The normalized spacial score (nSPS) is 18.3. The van der Waals surface area contributed by atoms with Crippen molar-refractivity contribution in [2.75, 3.05) is 6.54 Å². The highest BCUT2D eigenvalue weighted by Crippen LogP contribution is 2.21. The number of amides is 4. The lowest BCUT2D eigenvalue weighted by Crippen LogP contribution is -2.58. The van der Waals surface area contributed by atoms with Crippen LogP contribution in [0.4, 0.5) is 0 Å². The predicted molar refractivity (Wildman–Crippen MR) is 114 cm³/mol. The Morgan fingerprint density at radius 1 is 1.03 bits per heavy atom. The van der Waals surface area contributed by atoms with Crippen molar-refractivity contribution in [2.24, 2.45) is 17.4 Å². The fourth-order valence-corrected chi connectivity index (χ4v) is 3.48. The van der Waals surface area contributed by atoms with Crippen LogP contribution in [-0.2, 0) is 28.8 Å². The SMILES string of the molecule is CC(C)C(NC(=O)C(N)CCC(N)=O)C(=O)N1CCCC1C(=O)NC(CCC(=O)O)C(=O)O. The molecule has 0 aromatic rings. The van der Waals surface area contributed by atoms with Crippen LogP contribution >= 0.6 is 0 Å². The molecule has 8 N–H and O–H groups in total. The zero-order chi connectivity index (χ0) is 25.3. The lowest BCUT2D eigenvalue weighted by Gasteiger charge is -2.31. The molecule has 0 aromatic carbocycles. The molecular formula is C20H33N5O8. The van der Waals surface area contributed by atoms with Crippen molar-refractivity contribution in [3.63, 3.8) is 0 Å². The average molecular weight is 472 g/mol. The van der Waals surface area contributed by atoms with Crippen molar-refractivity contribution >= 4 is 35.6 Å². The van der Waals surface area contributed by atoms with Gasteiger partial charge in [0.15, 0.2) is 0 Å². The minimum absolute atomic E-state index is 0.0157. The third kappa shape index (κ3) is 8.67. The standard InChI is InChI=1S/C20H33N5O8/c1-10(2)16(24-17(29)11(21)5-7-14(22)26)19(31)25-9-3-4-13(25)18(30)23-12(20(32)33)6-8-15(27)28/h10-13,16H,3-9,21H2,1-2H3,(H2,22,26)(H,23,30)(H,24,29)(H,27,28)(H,32,33). The van der Waals surface area contributed by atoms with Gasteiger partial charge in [0.05, 0.1) is 6.04 Å². The highest BCUT2D eigenvalue weighted by molar-refractivity contribution is 5.94. The third-order valence-electron chi connectivity index (χ3n) is 5.37. The molecule has 0 aromatic heterocycles. The smallest absolute Gasteiger partial charge is 0.326 e. The second kappa shape index (κ2) is 12.7. The Balaban J connectivity index is 2.88. The zero-order valence-corrected chi connectivity index (χ0v) is 18.8. The topological polar surface area (TPSA) is 222 Å². The Labute approximate surface area is 191 Å². The number of carbonyl (C=O) groups excluding carboxylic acids is 4. The van der Waals surface area contributed by atoms with E-state index in [4.69, 9.17) is 16.6 Å². The number of aliphatic carboxylic acids is 2. The summed E-state index contributed by atoms with van der Waals surface area (Å²) in [5, 5.41) is 22.9. The largest absolute Gasteiger partial charge is 0.481 e. The first-order valence-electron chi connectivity index (χ1n) is 10.7. The maximum absolute atomic E-state index is 13.2. The summed E-state index contributed by atoms with van der Waals surface area (Å²) in [4.78, 5) is 72.6. The van der Waals surface area contributed by atoms with Crippen molar-refractivity contribution in [1.29, 1.82) is 0 Å². The van der Waals surface area contributed by atoms with Gasteiger partial charge in [-0.05, 0) is 31.6 Å². The second-order valence-corrected chi connectivity index (χ2v) is 8.36. The van der Waals surface area contributed by atoms with Gasteiger partial charge in [0.25, 0.3) is 0 Å². The fraction of sp³-hybridized carbons (Fsp3) is 0.700.